The van der Waals surface area contributed by atoms with Crippen molar-refractivity contribution in [3.63, 3.8) is 0 Å². The number of carbonyl (C=O) groups is 1. The fourth-order valence-corrected chi connectivity index (χ4v) is 2.77. The highest BCUT2D eigenvalue weighted by atomic mass is 16.1. The molecule has 4 rings (SSSR count). The summed E-state index contributed by atoms with van der Waals surface area (Å²) in [6.07, 6.45) is 0. The van der Waals surface area contributed by atoms with Gasteiger partial charge in [-0.25, -0.2) is 0 Å². The lowest BCUT2D eigenvalue weighted by molar-refractivity contribution is 0.102. The lowest BCUT2D eigenvalue weighted by Crippen LogP contribution is -2.14. The Morgan fingerprint density at radius 2 is 1.80 bits per heavy atom. The van der Waals surface area contributed by atoms with Crippen molar-refractivity contribution in [3.8, 4) is 0 Å². The van der Waals surface area contributed by atoms with E-state index in [0.29, 0.717) is 22.6 Å². The number of rotatable bonds is 3. The van der Waals surface area contributed by atoms with Crippen molar-refractivity contribution in [1.29, 1.82) is 0 Å². The average molecular weight is 331 g/mol. The van der Waals surface area contributed by atoms with Crippen LogP contribution in [-0.2, 0) is 0 Å². The Morgan fingerprint density at radius 3 is 2.56 bits per heavy atom. The van der Waals surface area contributed by atoms with Crippen LogP contribution in [0.3, 0.4) is 0 Å². The molecule has 0 unspecified atom stereocenters. The maximum absolute atomic E-state index is 12.4. The zero-order chi connectivity index (χ0) is 17.4. The fourth-order valence-electron chi connectivity index (χ4n) is 2.77. The Kier molecular flexibility index (Phi) is 3.65. The molecule has 0 saturated carbocycles. The third kappa shape index (κ3) is 2.82. The van der Waals surface area contributed by atoms with E-state index in [1.54, 1.807) is 12.1 Å². The van der Waals surface area contributed by atoms with Gasteiger partial charge in [-0.15, -0.1) is 10.2 Å². The Balaban J connectivity index is 1.61. The second-order valence-electron chi connectivity index (χ2n) is 6.23. The second-order valence-corrected chi connectivity index (χ2v) is 6.23. The van der Waals surface area contributed by atoms with Crippen LogP contribution < -0.4 is 5.32 Å². The van der Waals surface area contributed by atoms with Crippen molar-refractivity contribution >= 4 is 33.9 Å². The third-order valence-corrected chi connectivity index (χ3v) is 4.19. The van der Waals surface area contributed by atoms with E-state index in [0.717, 1.165) is 10.9 Å². The molecule has 0 aliphatic heterocycles. The minimum atomic E-state index is -0.257. The van der Waals surface area contributed by atoms with Gasteiger partial charge in [-0.1, -0.05) is 44.2 Å². The van der Waals surface area contributed by atoms with Crippen LogP contribution >= 0.6 is 0 Å². The van der Waals surface area contributed by atoms with Gasteiger partial charge in [0.2, 0.25) is 0 Å². The molecule has 0 bridgehead atoms. The van der Waals surface area contributed by atoms with E-state index in [9.17, 15) is 4.79 Å². The van der Waals surface area contributed by atoms with Crippen molar-refractivity contribution in [2.75, 3.05) is 5.32 Å². The predicted molar refractivity (Wildman–Crippen MR) is 97.7 cm³/mol. The molecule has 1 amide bonds. The predicted octanol–water partition coefficient (Wildman–Crippen LogP) is 3.88. The van der Waals surface area contributed by atoms with Gasteiger partial charge in [-0.05, 0) is 29.7 Å². The molecule has 0 atom stereocenters. The zero-order valence-corrected chi connectivity index (χ0v) is 13.9. The molecular weight excluding hydrogens is 314 g/mol. The van der Waals surface area contributed by atoms with Crippen molar-refractivity contribution in [2.45, 2.75) is 19.8 Å². The molecule has 2 N–H and O–H groups in total. The molecular formula is C19H17N5O. The van der Waals surface area contributed by atoms with Gasteiger partial charge in [-0.2, -0.15) is 4.98 Å². The van der Waals surface area contributed by atoms with Gasteiger partial charge >= 0.3 is 0 Å². The number of para-hydroxylation sites is 1. The molecule has 6 nitrogen and oxygen atoms in total. The van der Waals surface area contributed by atoms with Crippen molar-refractivity contribution < 1.29 is 4.79 Å². The molecule has 25 heavy (non-hydrogen) atoms. The molecule has 2 heterocycles. The van der Waals surface area contributed by atoms with E-state index in [4.69, 9.17) is 0 Å². The Hall–Kier alpha value is -3.28. The molecule has 0 saturated heterocycles. The molecule has 0 aliphatic carbocycles. The van der Waals surface area contributed by atoms with E-state index in [1.807, 2.05) is 36.4 Å². The molecule has 6 heteroatoms. The number of anilines is 1. The van der Waals surface area contributed by atoms with E-state index >= 15 is 0 Å². The molecule has 4 aromatic rings. The lowest BCUT2D eigenvalue weighted by Gasteiger charge is -2.07. The largest absolute Gasteiger partial charge is 0.338 e. The van der Waals surface area contributed by atoms with E-state index < -0.39 is 0 Å². The smallest absolute Gasteiger partial charge is 0.258 e. The highest BCUT2D eigenvalue weighted by Crippen LogP contribution is 2.22. The van der Waals surface area contributed by atoms with Gasteiger partial charge in [0, 0.05) is 16.5 Å². The number of hydrogen-bond donors (Lipinski definition) is 2. The summed E-state index contributed by atoms with van der Waals surface area (Å²) in [7, 11) is 0. The van der Waals surface area contributed by atoms with Gasteiger partial charge in [0.25, 0.3) is 11.9 Å². The topological polar surface area (TPSA) is 83.6 Å². The van der Waals surface area contributed by atoms with Crippen LogP contribution in [0.1, 0.15) is 35.7 Å². The molecule has 2 aromatic carbocycles. The van der Waals surface area contributed by atoms with Gasteiger partial charge in [0.05, 0.1) is 0 Å². The Morgan fingerprint density at radius 1 is 1.04 bits per heavy atom. The van der Waals surface area contributed by atoms with Gasteiger partial charge in [0.1, 0.15) is 5.52 Å². The summed E-state index contributed by atoms with van der Waals surface area (Å²) in [4.78, 5) is 19.9. The fraction of sp³-hybridized carbons (Fsp3) is 0.158. The first-order valence-electron chi connectivity index (χ1n) is 8.14. The quantitative estimate of drug-likeness (QED) is 0.597. The molecule has 0 fully saturated rings. The zero-order valence-electron chi connectivity index (χ0n) is 13.9. The number of amides is 1. The van der Waals surface area contributed by atoms with Crippen molar-refractivity contribution in [2.24, 2.45) is 0 Å². The number of H-pyrrole nitrogens is 1. The molecule has 0 aliphatic rings. The van der Waals surface area contributed by atoms with E-state index in [-0.39, 0.29) is 11.9 Å². The Bertz CT molecular complexity index is 1070. The number of nitrogens with one attached hydrogen (secondary N) is 2. The van der Waals surface area contributed by atoms with Gasteiger partial charge in [-0.3, -0.25) is 10.1 Å². The van der Waals surface area contributed by atoms with Crippen LogP contribution in [0.15, 0.2) is 48.5 Å². The highest BCUT2D eigenvalue weighted by Gasteiger charge is 2.12. The van der Waals surface area contributed by atoms with Crippen LogP contribution in [0, 0.1) is 0 Å². The SMILES string of the molecule is CC(C)c1ccc(C(=O)Nc2nnc3c(n2)[nH]c2ccccc23)cc1. The van der Waals surface area contributed by atoms with Crippen LogP contribution in [0.5, 0.6) is 0 Å². The minimum absolute atomic E-state index is 0.178. The van der Waals surface area contributed by atoms with Gasteiger partial charge in [0.15, 0.2) is 5.65 Å². The first-order chi connectivity index (χ1) is 12.1. The summed E-state index contributed by atoms with van der Waals surface area (Å²) in [6, 6.07) is 15.3. The van der Waals surface area contributed by atoms with Crippen molar-refractivity contribution in [1.82, 2.24) is 20.2 Å². The van der Waals surface area contributed by atoms with Crippen LogP contribution in [0.25, 0.3) is 22.1 Å². The monoisotopic (exact) mass is 331 g/mol. The first kappa shape index (κ1) is 15.3. The number of hydrogen-bond acceptors (Lipinski definition) is 4. The second kappa shape index (κ2) is 5.98. The van der Waals surface area contributed by atoms with Crippen LogP contribution in [0.4, 0.5) is 5.95 Å². The maximum Gasteiger partial charge on any atom is 0.258 e. The van der Waals surface area contributed by atoms with Crippen LogP contribution in [-0.4, -0.2) is 26.1 Å². The van der Waals surface area contributed by atoms with E-state index in [2.05, 4.69) is 39.3 Å². The lowest BCUT2D eigenvalue weighted by atomic mass is 10.0. The average Bonchev–Trinajstić information content (AvgIpc) is 2.99. The van der Waals surface area contributed by atoms with Crippen LogP contribution in [0.2, 0.25) is 0 Å². The third-order valence-electron chi connectivity index (χ3n) is 4.19. The summed E-state index contributed by atoms with van der Waals surface area (Å²) in [5.41, 5.74) is 3.97. The summed E-state index contributed by atoms with van der Waals surface area (Å²) in [5.74, 6) is 0.346. The number of benzene rings is 2. The highest BCUT2D eigenvalue weighted by molar-refractivity contribution is 6.05. The molecule has 0 spiro atoms. The Labute approximate surface area is 144 Å². The molecule has 124 valence electrons. The van der Waals surface area contributed by atoms with Gasteiger partial charge < -0.3 is 4.98 Å². The summed E-state index contributed by atoms with van der Waals surface area (Å²) in [5, 5.41) is 11.9. The number of fused-ring (bicyclic) bond motifs is 3. The van der Waals surface area contributed by atoms with Crippen molar-refractivity contribution in [3.05, 3.63) is 59.7 Å². The van der Waals surface area contributed by atoms with E-state index in [1.165, 1.54) is 5.56 Å². The number of carbonyl (C=O) groups excluding carboxylic acids is 1. The normalized spacial score (nSPS) is 11.3. The standard InChI is InChI=1S/C19H17N5O/c1-11(2)12-7-9-13(10-8-12)18(25)22-19-21-17-16(23-24-19)14-5-3-4-6-15(14)20-17/h3-11H,1-2H3,(H2,20,21,22,24,25). The number of aromatic nitrogens is 4. The molecule has 0 radical (unpaired) electrons. The maximum atomic E-state index is 12.4. The minimum Gasteiger partial charge on any atom is -0.338 e. The summed E-state index contributed by atoms with van der Waals surface area (Å²) < 4.78 is 0. The number of nitrogens with zero attached hydrogens (tertiary/aromatic N) is 3. The number of aromatic amines is 1. The first-order valence-corrected chi connectivity index (χ1v) is 8.14. The molecule has 2 aromatic heterocycles. The summed E-state index contributed by atoms with van der Waals surface area (Å²) >= 11 is 0. The summed E-state index contributed by atoms with van der Waals surface area (Å²) in [6.45, 7) is 4.23.